The number of thiazole rings is 1. The molecular weight excluding hydrogens is 334 g/mol. The van der Waals surface area contributed by atoms with E-state index in [4.69, 9.17) is 11.5 Å². The summed E-state index contributed by atoms with van der Waals surface area (Å²) < 4.78 is 0.844. The van der Waals surface area contributed by atoms with Crippen molar-refractivity contribution in [2.45, 2.75) is 29.9 Å². The van der Waals surface area contributed by atoms with Crippen molar-refractivity contribution in [3.8, 4) is 0 Å². The van der Waals surface area contributed by atoms with Crippen LogP contribution in [-0.4, -0.2) is 39.9 Å². The minimum absolute atomic E-state index is 0.0500. The standard InChI is InChI=1S/C13H19N7OS2/c1-6-8(5-9(14)21)23-13(16-6)22-7(2)10-17-11(15)19-12(18-10)20(3)4/h7H,5H2,1-4H3,(H2,14,21)(H2,15,17,18,19)/t7-/m0/s1. The van der Waals surface area contributed by atoms with Crippen molar-refractivity contribution in [2.24, 2.45) is 5.73 Å². The van der Waals surface area contributed by atoms with Gasteiger partial charge in [0.2, 0.25) is 17.8 Å². The van der Waals surface area contributed by atoms with Crippen molar-refractivity contribution < 1.29 is 4.79 Å². The molecule has 0 saturated heterocycles. The van der Waals surface area contributed by atoms with Gasteiger partial charge in [-0.2, -0.15) is 15.0 Å². The first-order valence-corrected chi connectivity index (χ1v) is 8.56. The molecule has 2 aromatic rings. The number of primary amides is 1. The normalized spacial score (nSPS) is 12.2. The first-order chi connectivity index (χ1) is 10.8. The fourth-order valence-electron chi connectivity index (χ4n) is 1.76. The van der Waals surface area contributed by atoms with Gasteiger partial charge in [0.25, 0.3) is 0 Å². The average molecular weight is 353 g/mol. The number of nitrogens with two attached hydrogens (primary N) is 2. The van der Waals surface area contributed by atoms with Crippen LogP contribution in [0.4, 0.5) is 11.9 Å². The van der Waals surface area contributed by atoms with Crippen LogP contribution in [0.5, 0.6) is 0 Å². The fourth-order valence-corrected chi connectivity index (χ4v) is 4.19. The smallest absolute Gasteiger partial charge is 0.229 e. The zero-order valence-electron chi connectivity index (χ0n) is 13.4. The largest absolute Gasteiger partial charge is 0.369 e. The zero-order valence-corrected chi connectivity index (χ0v) is 15.0. The van der Waals surface area contributed by atoms with Gasteiger partial charge in [-0.1, -0.05) is 11.8 Å². The molecule has 23 heavy (non-hydrogen) atoms. The van der Waals surface area contributed by atoms with E-state index in [2.05, 4.69) is 19.9 Å². The van der Waals surface area contributed by atoms with Crippen LogP contribution in [0.1, 0.15) is 28.6 Å². The van der Waals surface area contributed by atoms with E-state index in [0.717, 1.165) is 14.9 Å². The molecule has 1 atom stereocenters. The third-order valence-corrected chi connectivity index (χ3v) is 5.26. The van der Waals surface area contributed by atoms with Gasteiger partial charge >= 0.3 is 0 Å². The van der Waals surface area contributed by atoms with Crippen LogP contribution in [0.15, 0.2) is 4.34 Å². The highest BCUT2D eigenvalue weighted by Crippen LogP contribution is 2.37. The highest BCUT2D eigenvalue weighted by Gasteiger charge is 2.18. The predicted octanol–water partition coefficient (Wildman–Crippen LogP) is 1.17. The fraction of sp³-hybridized carbons (Fsp3) is 0.462. The molecule has 8 nitrogen and oxygen atoms in total. The summed E-state index contributed by atoms with van der Waals surface area (Å²) in [4.78, 5) is 30.9. The molecule has 0 aromatic carbocycles. The molecule has 0 aliphatic carbocycles. The molecule has 1 amide bonds. The van der Waals surface area contributed by atoms with Crippen LogP contribution in [0.2, 0.25) is 0 Å². The van der Waals surface area contributed by atoms with Gasteiger partial charge in [0, 0.05) is 19.0 Å². The second kappa shape index (κ2) is 7.09. The lowest BCUT2D eigenvalue weighted by Gasteiger charge is -2.13. The highest BCUT2D eigenvalue weighted by atomic mass is 32.2. The summed E-state index contributed by atoms with van der Waals surface area (Å²) in [5.74, 6) is 0.943. The molecule has 0 saturated carbocycles. The van der Waals surface area contributed by atoms with E-state index in [-0.39, 0.29) is 23.5 Å². The van der Waals surface area contributed by atoms with Crippen LogP contribution in [-0.2, 0) is 11.2 Å². The van der Waals surface area contributed by atoms with Crippen molar-refractivity contribution >= 4 is 40.9 Å². The number of hydrogen-bond acceptors (Lipinski definition) is 9. The molecule has 0 aliphatic heterocycles. The van der Waals surface area contributed by atoms with E-state index in [1.807, 2.05) is 27.9 Å². The molecule has 124 valence electrons. The minimum atomic E-state index is -0.359. The lowest BCUT2D eigenvalue weighted by atomic mass is 10.3. The van der Waals surface area contributed by atoms with E-state index >= 15 is 0 Å². The number of anilines is 2. The third kappa shape index (κ3) is 4.52. The number of carbonyl (C=O) groups is 1. The Balaban J connectivity index is 2.19. The molecule has 0 unspecified atom stereocenters. The first-order valence-electron chi connectivity index (χ1n) is 6.86. The molecule has 4 N–H and O–H groups in total. The number of aryl methyl sites for hydroxylation is 1. The van der Waals surface area contributed by atoms with E-state index in [0.29, 0.717) is 11.8 Å². The monoisotopic (exact) mass is 353 g/mol. The Labute approximate surface area is 142 Å². The molecule has 0 radical (unpaired) electrons. The highest BCUT2D eigenvalue weighted by molar-refractivity contribution is 8.01. The number of thioether (sulfide) groups is 1. The van der Waals surface area contributed by atoms with Gasteiger partial charge in [-0.05, 0) is 13.8 Å². The Bertz CT molecular complexity index is 716. The Kier molecular flexibility index (Phi) is 5.37. The van der Waals surface area contributed by atoms with Crippen LogP contribution in [0, 0.1) is 6.92 Å². The molecular formula is C13H19N7OS2. The summed E-state index contributed by atoms with van der Waals surface area (Å²) in [7, 11) is 3.69. The van der Waals surface area contributed by atoms with Gasteiger partial charge in [0.05, 0.1) is 17.4 Å². The first kappa shape index (κ1) is 17.4. The molecule has 2 heterocycles. The summed E-state index contributed by atoms with van der Waals surface area (Å²) in [6.45, 7) is 3.85. The Morgan fingerprint density at radius 1 is 1.30 bits per heavy atom. The van der Waals surface area contributed by atoms with Crippen LogP contribution in [0.25, 0.3) is 0 Å². The second-order valence-corrected chi connectivity index (χ2v) is 7.81. The van der Waals surface area contributed by atoms with Gasteiger partial charge in [-0.3, -0.25) is 4.79 Å². The maximum absolute atomic E-state index is 11.1. The molecule has 10 heteroatoms. The van der Waals surface area contributed by atoms with Gasteiger partial charge in [-0.25, -0.2) is 4.98 Å². The van der Waals surface area contributed by atoms with Crippen LogP contribution < -0.4 is 16.4 Å². The van der Waals surface area contributed by atoms with Crippen LogP contribution >= 0.6 is 23.1 Å². The molecule has 0 bridgehead atoms. The van der Waals surface area contributed by atoms with E-state index in [1.54, 1.807) is 4.90 Å². The van der Waals surface area contributed by atoms with Crippen molar-refractivity contribution in [1.29, 1.82) is 0 Å². The number of nitrogen functional groups attached to an aromatic ring is 1. The molecule has 0 fully saturated rings. The SMILES string of the molecule is Cc1nc(S[C@@H](C)c2nc(N)nc(N(C)C)n2)sc1CC(N)=O. The van der Waals surface area contributed by atoms with E-state index in [1.165, 1.54) is 23.1 Å². The summed E-state index contributed by atoms with van der Waals surface area (Å²) >= 11 is 2.98. The molecule has 2 rings (SSSR count). The maximum atomic E-state index is 11.1. The maximum Gasteiger partial charge on any atom is 0.229 e. The van der Waals surface area contributed by atoms with Crippen molar-refractivity contribution in [3.63, 3.8) is 0 Å². The van der Waals surface area contributed by atoms with Crippen molar-refractivity contribution in [1.82, 2.24) is 19.9 Å². The zero-order chi connectivity index (χ0) is 17.1. The summed E-state index contributed by atoms with van der Waals surface area (Å²) in [5.41, 5.74) is 11.8. The number of nitrogens with zero attached hydrogens (tertiary/aromatic N) is 5. The average Bonchev–Trinajstić information content (AvgIpc) is 2.77. The number of amides is 1. The minimum Gasteiger partial charge on any atom is -0.369 e. The summed E-state index contributed by atoms with van der Waals surface area (Å²) in [5, 5.41) is -0.0500. The summed E-state index contributed by atoms with van der Waals surface area (Å²) in [6.07, 6.45) is 0.210. The summed E-state index contributed by atoms with van der Waals surface area (Å²) in [6, 6.07) is 0. The van der Waals surface area contributed by atoms with Gasteiger partial charge in [-0.15, -0.1) is 11.3 Å². The lowest BCUT2D eigenvalue weighted by Crippen LogP contribution is -2.16. The second-order valence-electron chi connectivity index (χ2n) is 5.14. The topological polar surface area (TPSA) is 124 Å². The van der Waals surface area contributed by atoms with Crippen molar-refractivity contribution in [2.75, 3.05) is 24.7 Å². The molecule has 2 aromatic heterocycles. The van der Waals surface area contributed by atoms with Gasteiger partial charge in [0.1, 0.15) is 5.82 Å². The Morgan fingerprint density at radius 2 is 2.00 bits per heavy atom. The third-order valence-electron chi connectivity index (χ3n) is 2.91. The predicted molar refractivity (Wildman–Crippen MR) is 92.6 cm³/mol. The Morgan fingerprint density at radius 3 is 2.61 bits per heavy atom. The lowest BCUT2D eigenvalue weighted by molar-refractivity contribution is -0.117. The number of hydrogen-bond donors (Lipinski definition) is 2. The quantitative estimate of drug-likeness (QED) is 0.742. The molecule has 0 spiro atoms. The number of aromatic nitrogens is 4. The Hall–Kier alpha value is -1.94. The van der Waals surface area contributed by atoms with E-state index in [9.17, 15) is 4.79 Å². The molecule has 0 aliphatic rings. The van der Waals surface area contributed by atoms with Crippen molar-refractivity contribution in [3.05, 3.63) is 16.4 Å². The van der Waals surface area contributed by atoms with Gasteiger partial charge < -0.3 is 16.4 Å². The van der Waals surface area contributed by atoms with Gasteiger partial charge in [0.15, 0.2) is 4.34 Å². The number of carbonyl (C=O) groups excluding carboxylic acids is 1. The van der Waals surface area contributed by atoms with Crippen LogP contribution in [0.3, 0.4) is 0 Å². The van der Waals surface area contributed by atoms with E-state index < -0.39 is 0 Å². The number of rotatable bonds is 6.